The van der Waals surface area contributed by atoms with E-state index >= 15 is 0 Å². The van der Waals surface area contributed by atoms with Gasteiger partial charge in [-0.15, -0.1) is 26.3 Å². The second-order valence-corrected chi connectivity index (χ2v) is 67.1. The van der Waals surface area contributed by atoms with Gasteiger partial charge in [-0.2, -0.15) is 68.8 Å². The van der Waals surface area contributed by atoms with Crippen molar-refractivity contribution in [3.8, 4) is 0 Å². The summed E-state index contributed by atoms with van der Waals surface area (Å²) in [7, 11) is -7.38. The Labute approximate surface area is 586 Å². The summed E-state index contributed by atoms with van der Waals surface area (Å²) in [6.45, 7) is 89.2. The molecule has 0 atom stereocenters. The van der Waals surface area contributed by atoms with Gasteiger partial charge < -0.3 is 27.4 Å². The van der Waals surface area contributed by atoms with Crippen molar-refractivity contribution in [2.75, 3.05) is 26.2 Å². The minimum Gasteiger partial charge on any atom is -0.448 e. The van der Waals surface area contributed by atoms with Gasteiger partial charge >= 0.3 is 30.6 Å². The molecule has 0 spiro atoms. The molecule has 0 amide bonds. The fourth-order valence-corrected chi connectivity index (χ4v) is 23.9. The van der Waals surface area contributed by atoms with Gasteiger partial charge in [-0.1, -0.05) is 276 Å². The zero-order chi connectivity index (χ0) is 70.2. The highest BCUT2D eigenvalue weighted by atomic mass is 35.5. The Morgan fingerprint density at radius 2 is 1.01 bits per heavy atom. The predicted molar refractivity (Wildman–Crippen MR) is 441 cm³/mol. The Kier molecular flexibility index (Phi) is 41.5. The number of nitrogens with one attached hydrogen (secondary N) is 1. The van der Waals surface area contributed by atoms with Gasteiger partial charge in [0.2, 0.25) is 0 Å². The second-order valence-electron chi connectivity index (χ2n) is 32.9. The van der Waals surface area contributed by atoms with Crippen LogP contribution in [0.1, 0.15) is 131 Å². The van der Waals surface area contributed by atoms with Crippen molar-refractivity contribution < 1.29 is 0 Å². The molecule has 0 saturated carbocycles. The standard InChI is InChI=1S/C12H25BClNSi.2C10H21BClNSi.C10H19BClNSi.C10H20BNSi.C9H21NSi.C3H5BCl2/c1-8-10-13(14)15(11-9-2)16(6,7)12(3,4)5;3*1-10(2,3)14(4,5)13-9-7-6-8-11(13)12;1-10(2,3)13(4,5)12-9-7-6-8-11-12;1-7-8-10-11(5,6)9(2,3)4;1-2-3-4(5)6/h8-9H,1-2,10-11H2,3-7H3;6,8H,7,9H2,1-5H3;6-7H,8-9H2,1-5H3;6-9H,1-5H3;6-9,11H,1-5H3;7,10H,1,8H2,2-6H3;2H,1,3H2. The number of halogens is 6. The molecule has 1 N–H and O–H groups in total. The molecule has 0 aromatic rings. The van der Waals surface area contributed by atoms with E-state index < -0.39 is 49.4 Å². The molecule has 4 aliphatic heterocycles. The zero-order valence-corrected chi connectivity index (χ0v) is 72.9. The van der Waals surface area contributed by atoms with E-state index in [4.69, 9.17) is 68.8 Å². The summed E-state index contributed by atoms with van der Waals surface area (Å²) in [5.74, 6) is 6.41. The highest BCUT2D eigenvalue weighted by Crippen LogP contribution is 2.44. The maximum absolute atomic E-state index is 6.46. The molecule has 0 aliphatic carbocycles. The Morgan fingerprint density at radius 3 is 1.36 bits per heavy atom. The Hall–Kier alpha value is 0.271. The van der Waals surface area contributed by atoms with Gasteiger partial charge in [-0.25, -0.2) is 0 Å². The first-order chi connectivity index (χ1) is 39.4. The molecule has 4 heterocycles. The van der Waals surface area contributed by atoms with Crippen molar-refractivity contribution >= 4 is 156 Å². The smallest absolute Gasteiger partial charge is 0.379 e. The van der Waals surface area contributed by atoms with E-state index in [1.807, 2.05) is 30.3 Å². The van der Waals surface area contributed by atoms with E-state index in [1.54, 1.807) is 6.08 Å². The molecule has 0 unspecified atom stereocenters. The molecular formula is C64H132B6Cl6N6Si6. The molecule has 0 saturated heterocycles. The van der Waals surface area contributed by atoms with Crippen molar-refractivity contribution in [3.63, 3.8) is 0 Å². The van der Waals surface area contributed by atoms with Gasteiger partial charge in [0, 0.05) is 19.6 Å². The molecule has 88 heavy (non-hydrogen) atoms. The van der Waals surface area contributed by atoms with Crippen LogP contribution in [0.3, 0.4) is 0 Å². The minimum absolute atomic E-state index is 0.0286. The third kappa shape index (κ3) is 30.6. The molecule has 0 aromatic heterocycles. The van der Waals surface area contributed by atoms with Crippen LogP contribution in [0, 0.1) is 0 Å². The lowest BCUT2D eigenvalue weighted by molar-refractivity contribution is 0.567. The molecule has 4 rings (SSSR count). The number of rotatable bonds is 15. The van der Waals surface area contributed by atoms with E-state index in [0.29, 0.717) is 36.5 Å². The van der Waals surface area contributed by atoms with Crippen molar-refractivity contribution in [3.05, 3.63) is 123 Å². The third-order valence-corrected chi connectivity index (χ3v) is 55.7. The molecular weight excluding hydrogens is 1300 g/mol. The quantitative estimate of drug-likeness (QED) is 0.130. The van der Waals surface area contributed by atoms with Crippen molar-refractivity contribution in [1.82, 2.24) is 27.4 Å². The van der Waals surface area contributed by atoms with E-state index in [2.05, 4.69) is 318 Å². The van der Waals surface area contributed by atoms with Crippen molar-refractivity contribution in [2.45, 2.75) is 259 Å². The van der Waals surface area contributed by atoms with Crippen LogP contribution in [0.15, 0.2) is 123 Å². The maximum atomic E-state index is 6.46. The highest BCUT2D eigenvalue weighted by Gasteiger charge is 2.47. The molecule has 4 aliphatic rings. The van der Waals surface area contributed by atoms with Crippen LogP contribution in [0.2, 0.25) is 128 Å². The summed E-state index contributed by atoms with van der Waals surface area (Å²) in [6, 6.07) is 0. The van der Waals surface area contributed by atoms with Crippen LogP contribution in [0.25, 0.3) is 0 Å². The summed E-state index contributed by atoms with van der Waals surface area (Å²) in [5, 5.41) is 2.25. The second kappa shape index (κ2) is 39.5. The fourth-order valence-electron chi connectivity index (χ4n) is 8.23. The minimum atomic E-state index is -1.57. The molecule has 0 radical (unpaired) electrons. The largest absolute Gasteiger partial charge is 0.448 e. The lowest BCUT2D eigenvalue weighted by atomic mass is 9.84. The van der Waals surface area contributed by atoms with Gasteiger partial charge in [-0.3, -0.25) is 0 Å². The summed E-state index contributed by atoms with van der Waals surface area (Å²) < 4.78 is 12.3. The normalized spacial score (nSPS) is 16.4. The van der Waals surface area contributed by atoms with Crippen LogP contribution >= 0.6 is 68.8 Å². The van der Waals surface area contributed by atoms with E-state index in [-0.39, 0.29) is 30.6 Å². The van der Waals surface area contributed by atoms with Crippen LogP contribution in [0.5, 0.6) is 0 Å². The van der Waals surface area contributed by atoms with Gasteiger partial charge in [0.05, 0.1) is 0 Å². The average molecular weight is 1430 g/mol. The number of allylic oxidation sites excluding steroid dienone is 7. The van der Waals surface area contributed by atoms with Gasteiger partial charge in [-0.05, 0) is 86.7 Å². The van der Waals surface area contributed by atoms with Crippen molar-refractivity contribution in [2.24, 2.45) is 0 Å². The first-order valence-electron chi connectivity index (χ1n) is 32.3. The lowest BCUT2D eigenvalue weighted by Gasteiger charge is -2.48. The van der Waals surface area contributed by atoms with Crippen LogP contribution in [-0.2, 0) is 0 Å². The number of hydrogen-bond donors (Lipinski definition) is 1. The summed E-state index contributed by atoms with van der Waals surface area (Å²) in [6.07, 6.45) is 30.9. The summed E-state index contributed by atoms with van der Waals surface area (Å²) >= 11 is 36.0. The van der Waals surface area contributed by atoms with Crippen LogP contribution in [-0.4, -0.2) is 136 Å². The third-order valence-electron chi connectivity index (χ3n) is 20.6. The predicted octanol–water partition coefficient (Wildman–Crippen LogP) is 22.7. The van der Waals surface area contributed by atoms with Gasteiger partial charge in [0.1, 0.15) is 49.4 Å². The first-order valence-corrected chi connectivity index (χ1v) is 52.7. The molecule has 0 fully saturated rings. The van der Waals surface area contributed by atoms with Crippen LogP contribution < -0.4 is 4.98 Å². The van der Waals surface area contributed by atoms with Gasteiger partial charge in [0.25, 0.3) is 7.41 Å². The average Bonchev–Trinajstić information content (AvgIpc) is 1.70. The Balaban J connectivity index is -0.000000969. The summed E-state index contributed by atoms with van der Waals surface area (Å²) in [5.41, 5.74) is -0.275. The Bertz CT molecular complexity index is 2220. The zero-order valence-electron chi connectivity index (χ0n) is 62.3. The number of hydrogen-bond acceptors (Lipinski definition) is 6. The fraction of sp³-hybridized carbons (Fsp3) is 0.688. The van der Waals surface area contributed by atoms with Gasteiger partial charge in [0.15, 0.2) is 0 Å². The van der Waals surface area contributed by atoms with E-state index in [0.717, 1.165) is 52.7 Å². The SMILES string of the molecule is C=CCB(Cl)Cl.C=CCB(Cl)N(CC=C)[Si](C)(C)C(C)(C)C.C=CCN[Si](C)(C)C(C)(C)C.CC(C)(C)[Si](C)(C)N1BC=CC=C1.CC(C)(C)[Si](C)(C)N1C=CC=CB1Cl.CC(C)(C)[Si](C)(C)N1CC=CCB1Cl.CC(C)(C)[Si](C)(C)N1CCC=CB1Cl. The molecule has 6 nitrogen and oxygen atoms in total. The van der Waals surface area contributed by atoms with E-state index in [9.17, 15) is 0 Å². The molecule has 0 aromatic carbocycles. The topological polar surface area (TPSA) is 28.2 Å². The van der Waals surface area contributed by atoms with E-state index in [1.165, 1.54) is 0 Å². The lowest BCUT2D eigenvalue weighted by Crippen LogP contribution is -2.60. The monoisotopic (exact) mass is 1430 g/mol. The van der Waals surface area contributed by atoms with Crippen molar-refractivity contribution in [1.29, 1.82) is 0 Å². The van der Waals surface area contributed by atoms with Crippen LogP contribution in [0.4, 0.5) is 0 Å². The number of nitrogens with zero attached hydrogens (tertiary/aromatic N) is 5. The first kappa shape index (κ1) is 92.5. The maximum Gasteiger partial charge on any atom is 0.379 e. The molecule has 0 bridgehead atoms. The Morgan fingerprint density at radius 1 is 0.534 bits per heavy atom. The molecule has 502 valence electrons. The molecule has 24 heteroatoms. The summed E-state index contributed by atoms with van der Waals surface area (Å²) in [4.78, 5) is 3.57. The highest BCUT2D eigenvalue weighted by molar-refractivity contribution is 7.34.